The van der Waals surface area contributed by atoms with Crippen LogP contribution in [0.3, 0.4) is 0 Å². The molecule has 0 bridgehead atoms. The first-order valence-corrected chi connectivity index (χ1v) is 9.94. The van der Waals surface area contributed by atoms with Crippen molar-refractivity contribution in [3.05, 3.63) is 22.4 Å². The van der Waals surface area contributed by atoms with Crippen molar-refractivity contribution in [1.29, 1.82) is 0 Å². The minimum atomic E-state index is 0.452. The summed E-state index contributed by atoms with van der Waals surface area (Å²) in [5.41, 5.74) is 0. The van der Waals surface area contributed by atoms with Crippen molar-refractivity contribution in [3.63, 3.8) is 0 Å². The molecule has 0 saturated carbocycles. The predicted molar refractivity (Wildman–Crippen MR) is 103 cm³/mol. The molecule has 2 N–H and O–H groups in total. The summed E-state index contributed by atoms with van der Waals surface area (Å²) in [6, 6.07) is 4.85. The number of nitrogens with zero attached hydrogens (tertiary/aromatic N) is 2. The highest BCUT2D eigenvalue weighted by atomic mass is 32.1. The summed E-state index contributed by atoms with van der Waals surface area (Å²) in [5, 5.41) is 9.11. The lowest BCUT2D eigenvalue weighted by Crippen LogP contribution is -2.42. The lowest BCUT2D eigenvalue weighted by molar-refractivity contribution is 0.192. The van der Waals surface area contributed by atoms with E-state index in [-0.39, 0.29) is 0 Å². The Kier molecular flexibility index (Phi) is 9.16. The van der Waals surface area contributed by atoms with Crippen LogP contribution in [0.1, 0.15) is 43.0 Å². The van der Waals surface area contributed by atoms with Crippen molar-refractivity contribution < 1.29 is 4.74 Å². The second-order valence-electron chi connectivity index (χ2n) is 6.21. The molecule has 0 radical (unpaired) electrons. The summed E-state index contributed by atoms with van der Waals surface area (Å²) in [6.07, 6.45) is 6.08. The molecular formula is C18H32N4OS. The molecule has 136 valence electrons. The smallest absolute Gasteiger partial charge is 0.191 e. The van der Waals surface area contributed by atoms with E-state index in [0.29, 0.717) is 6.04 Å². The Morgan fingerprint density at radius 1 is 1.29 bits per heavy atom. The van der Waals surface area contributed by atoms with Gasteiger partial charge in [-0.3, -0.25) is 9.89 Å². The van der Waals surface area contributed by atoms with Gasteiger partial charge in [-0.2, -0.15) is 0 Å². The molecule has 0 spiro atoms. The second kappa shape index (κ2) is 11.4. The highest BCUT2D eigenvalue weighted by Gasteiger charge is 2.24. The maximum Gasteiger partial charge on any atom is 0.191 e. The van der Waals surface area contributed by atoms with Crippen LogP contribution in [0.25, 0.3) is 0 Å². The summed E-state index contributed by atoms with van der Waals surface area (Å²) in [7, 11) is 3.60. The van der Waals surface area contributed by atoms with Gasteiger partial charge in [-0.1, -0.05) is 6.07 Å². The fourth-order valence-corrected chi connectivity index (χ4v) is 3.97. The number of guanidine groups is 1. The topological polar surface area (TPSA) is 48.9 Å². The molecule has 0 amide bonds. The summed E-state index contributed by atoms with van der Waals surface area (Å²) in [6.45, 7) is 5.12. The number of methoxy groups -OCH3 is 1. The van der Waals surface area contributed by atoms with Crippen LogP contribution >= 0.6 is 11.3 Å². The van der Waals surface area contributed by atoms with E-state index < -0.39 is 0 Å². The molecule has 5 nitrogen and oxygen atoms in total. The van der Waals surface area contributed by atoms with Gasteiger partial charge in [-0.05, 0) is 56.6 Å². The summed E-state index contributed by atoms with van der Waals surface area (Å²) in [4.78, 5) is 8.39. The lowest BCUT2D eigenvalue weighted by atomic mass is 10.2. The van der Waals surface area contributed by atoms with Gasteiger partial charge in [-0.15, -0.1) is 11.3 Å². The lowest BCUT2D eigenvalue weighted by Gasteiger charge is -2.27. The molecule has 1 fully saturated rings. The Morgan fingerprint density at radius 3 is 2.79 bits per heavy atom. The van der Waals surface area contributed by atoms with Gasteiger partial charge >= 0.3 is 0 Å². The molecule has 0 aromatic carbocycles. The van der Waals surface area contributed by atoms with Gasteiger partial charge < -0.3 is 15.4 Å². The third kappa shape index (κ3) is 6.42. The maximum absolute atomic E-state index is 5.08. The van der Waals surface area contributed by atoms with Gasteiger partial charge in [0.1, 0.15) is 0 Å². The SMILES string of the molecule is CN=C(NCCCCCOC)NCC(c1cccs1)N1CCCC1. The van der Waals surface area contributed by atoms with E-state index >= 15 is 0 Å². The Morgan fingerprint density at radius 2 is 2.12 bits per heavy atom. The van der Waals surface area contributed by atoms with Crippen molar-refractivity contribution in [1.82, 2.24) is 15.5 Å². The number of hydrogen-bond donors (Lipinski definition) is 2. The zero-order chi connectivity index (χ0) is 17.0. The van der Waals surface area contributed by atoms with Gasteiger partial charge in [0.05, 0.1) is 6.04 Å². The summed E-state index contributed by atoms with van der Waals surface area (Å²) < 4.78 is 5.08. The predicted octanol–water partition coefficient (Wildman–Crippen LogP) is 2.87. The largest absolute Gasteiger partial charge is 0.385 e. The van der Waals surface area contributed by atoms with Crippen molar-refractivity contribution in [2.45, 2.75) is 38.1 Å². The highest BCUT2D eigenvalue weighted by molar-refractivity contribution is 7.10. The normalized spacial score (nSPS) is 17.2. The van der Waals surface area contributed by atoms with E-state index in [2.05, 4.69) is 38.0 Å². The minimum Gasteiger partial charge on any atom is -0.385 e. The fraction of sp³-hybridized carbons (Fsp3) is 0.722. The number of hydrogen-bond acceptors (Lipinski definition) is 4. The summed E-state index contributed by atoms with van der Waals surface area (Å²) >= 11 is 1.85. The molecule has 2 rings (SSSR count). The molecule has 6 heteroatoms. The molecule has 1 atom stereocenters. The number of rotatable bonds is 10. The second-order valence-corrected chi connectivity index (χ2v) is 7.19. The van der Waals surface area contributed by atoms with Crippen molar-refractivity contribution in [3.8, 4) is 0 Å². The molecule has 0 aliphatic carbocycles. The van der Waals surface area contributed by atoms with Gasteiger partial charge in [0.25, 0.3) is 0 Å². The van der Waals surface area contributed by atoms with Crippen LogP contribution in [-0.2, 0) is 4.74 Å². The first kappa shape index (κ1) is 19.2. The van der Waals surface area contributed by atoms with Crippen LogP contribution in [-0.4, -0.2) is 57.8 Å². The average molecular weight is 353 g/mol. The van der Waals surface area contributed by atoms with Crippen LogP contribution in [0.5, 0.6) is 0 Å². The first-order chi connectivity index (χ1) is 11.8. The molecule has 2 heterocycles. The van der Waals surface area contributed by atoms with Crippen LogP contribution in [0.4, 0.5) is 0 Å². The molecule has 1 aromatic rings. The molecule has 1 unspecified atom stereocenters. The van der Waals surface area contributed by atoms with Gasteiger partial charge in [0.15, 0.2) is 5.96 Å². The van der Waals surface area contributed by atoms with Crippen molar-refractivity contribution in [2.24, 2.45) is 4.99 Å². The minimum absolute atomic E-state index is 0.452. The zero-order valence-corrected chi connectivity index (χ0v) is 15.9. The Balaban J connectivity index is 1.75. The third-order valence-electron chi connectivity index (χ3n) is 4.46. The van der Waals surface area contributed by atoms with Crippen molar-refractivity contribution in [2.75, 3.05) is 46.9 Å². The Labute approximate surface area is 150 Å². The standard InChI is InChI=1S/C18H32N4OS/c1-19-18(20-10-4-3-7-13-23-2)21-15-16(17-9-8-14-24-17)22-11-5-6-12-22/h8-9,14,16H,3-7,10-13,15H2,1-2H3,(H2,19,20,21). The van der Waals surface area contributed by atoms with E-state index in [1.165, 1.54) is 37.2 Å². The van der Waals surface area contributed by atoms with Gasteiger partial charge in [-0.25, -0.2) is 0 Å². The number of thiophene rings is 1. The van der Waals surface area contributed by atoms with E-state index in [9.17, 15) is 0 Å². The van der Waals surface area contributed by atoms with E-state index in [1.807, 2.05) is 18.4 Å². The molecule has 1 aliphatic heterocycles. The number of nitrogens with one attached hydrogen (secondary N) is 2. The van der Waals surface area contributed by atoms with Crippen LogP contribution in [0.15, 0.2) is 22.5 Å². The number of ether oxygens (including phenoxy) is 1. The summed E-state index contributed by atoms with van der Waals surface area (Å²) in [5.74, 6) is 0.905. The number of likely N-dealkylation sites (tertiary alicyclic amines) is 1. The zero-order valence-electron chi connectivity index (χ0n) is 15.1. The molecule has 1 aromatic heterocycles. The highest BCUT2D eigenvalue weighted by Crippen LogP contribution is 2.27. The van der Waals surface area contributed by atoms with Crippen molar-refractivity contribution >= 4 is 17.3 Å². The number of aliphatic imine (C=N–C) groups is 1. The monoisotopic (exact) mass is 352 g/mol. The van der Waals surface area contributed by atoms with Gasteiger partial charge in [0, 0.05) is 38.7 Å². The van der Waals surface area contributed by atoms with E-state index in [0.717, 1.165) is 38.5 Å². The van der Waals surface area contributed by atoms with Crippen LogP contribution in [0.2, 0.25) is 0 Å². The number of unbranched alkanes of at least 4 members (excludes halogenated alkanes) is 2. The molecule has 1 saturated heterocycles. The quantitative estimate of drug-likeness (QED) is 0.386. The maximum atomic E-state index is 5.08. The molecule has 1 aliphatic rings. The fourth-order valence-electron chi connectivity index (χ4n) is 3.11. The van der Waals surface area contributed by atoms with E-state index in [4.69, 9.17) is 4.74 Å². The first-order valence-electron chi connectivity index (χ1n) is 9.06. The Bertz CT molecular complexity index is 458. The van der Waals surface area contributed by atoms with Crippen LogP contribution < -0.4 is 10.6 Å². The average Bonchev–Trinajstić information content (AvgIpc) is 3.30. The van der Waals surface area contributed by atoms with Gasteiger partial charge in [0.2, 0.25) is 0 Å². The third-order valence-corrected chi connectivity index (χ3v) is 5.43. The van der Waals surface area contributed by atoms with Crippen LogP contribution in [0, 0.1) is 0 Å². The molecular weight excluding hydrogens is 320 g/mol. The van der Waals surface area contributed by atoms with E-state index in [1.54, 1.807) is 7.11 Å². The molecule has 24 heavy (non-hydrogen) atoms. The Hall–Kier alpha value is -1.11.